The third kappa shape index (κ3) is 2.99. The molecule has 110 valence electrons. The van der Waals surface area contributed by atoms with Crippen molar-refractivity contribution in [3.05, 3.63) is 59.2 Å². The van der Waals surface area contributed by atoms with Gasteiger partial charge in [-0.1, -0.05) is 23.7 Å². The van der Waals surface area contributed by atoms with Crippen LogP contribution in [0.3, 0.4) is 0 Å². The first-order chi connectivity index (χ1) is 10.7. The Labute approximate surface area is 131 Å². The van der Waals surface area contributed by atoms with E-state index in [0.29, 0.717) is 22.1 Å². The van der Waals surface area contributed by atoms with Gasteiger partial charge in [0.15, 0.2) is 0 Å². The highest BCUT2D eigenvalue weighted by molar-refractivity contribution is 6.30. The molecule has 6 heteroatoms. The van der Waals surface area contributed by atoms with Crippen LogP contribution in [0.5, 0.6) is 0 Å². The Hall–Kier alpha value is -2.66. The average Bonchev–Trinajstić information content (AvgIpc) is 2.53. The van der Waals surface area contributed by atoms with E-state index in [9.17, 15) is 4.79 Å². The van der Waals surface area contributed by atoms with Crippen molar-refractivity contribution in [2.75, 3.05) is 12.4 Å². The van der Waals surface area contributed by atoms with Gasteiger partial charge >= 0.3 is 5.97 Å². The summed E-state index contributed by atoms with van der Waals surface area (Å²) in [5.41, 5.74) is 1.89. The summed E-state index contributed by atoms with van der Waals surface area (Å²) in [5, 5.41) is 4.54. The van der Waals surface area contributed by atoms with E-state index in [1.807, 2.05) is 12.1 Å². The minimum absolute atomic E-state index is 0.398. The molecular formula is C16H12ClN3O2. The van der Waals surface area contributed by atoms with Crippen LogP contribution in [0, 0.1) is 0 Å². The quantitative estimate of drug-likeness (QED) is 0.745. The molecule has 1 N–H and O–H groups in total. The number of carbonyl (C=O) groups is 1. The fourth-order valence-corrected chi connectivity index (χ4v) is 2.21. The van der Waals surface area contributed by atoms with E-state index >= 15 is 0 Å². The van der Waals surface area contributed by atoms with Crippen LogP contribution in [0.1, 0.15) is 10.4 Å². The SMILES string of the molecule is COC(=O)c1ccc2cnc(Nc3cccc(Cl)c3)nc2c1. The number of methoxy groups -OCH3 is 1. The Bertz CT molecular complexity index is 852. The van der Waals surface area contributed by atoms with Crippen molar-refractivity contribution in [1.82, 2.24) is 9.97 Å². The van der Waals surface area contributed by atoms with Gasteiger partial charge in [0.05, 0.1) is 18.2 Å². The standard InChI is InChI=1S/C16H12ClN3O2/c1-22-15(21)10-5-6-11-9-18-16(20-14(11)7-10)19-13-4-2-3-12(17)8-13/h2-9H,1H3,(H,18,19,20). The maximum atomic E-state index is 11.6. The molecule has 0 atom stereocenters. The normalized spacial score (nSPS) is 10.5. The van der Waals surface area contributed by atoms with Crippen LogP contribution >= 0.6 is 11.6 Å². The largest absolute Gasteiger partial charge is 0.465 e. The molecule has 0 aliphatic rings. The first-order valence-electron chi connectivity index (χ1n) is 6.53. The first kappa shape index (κ1) is 14.3. The Morgan fingerprint density at radius 2 is 2.09 bits per heavy atom. The molecule has 0 radical (unpaired) electrons. The van der Waals surface area contributed by atoms with Crippen LogP contribution in [0.2, 0.25) is 5.02 Å². The third-order valence-corrected chi connectivity index (χ3v) is 3.32. The number of hydrogen-bond acceptors (Lipinski definition) is 5. The summed E-state index contributed by atoms with van der Waals surface area (Å²) in [6, 6.07) is 12.4. The summed E-state index contributed by atoms with van der Waals surface area (Å²) in [4.78, 5) is 20.2. The predicted molar refractivity (Wildman–Crippen MR) is 85.6 cm³/mol. The van der Waals surface area contributed by atoms with Gasteiger partial charge in [-0.25, -0.2) is 14.8 Å². The fraction of sp³-hybridized carbons (Fsp3) is 0.0625. The second-order valence-corrected chi connectivity index (χ2v) is 5.03. The first-order valence-corrected chi connectivity index (χ1v) is 6.91. The van der Waals surface area contributed by atoms with Crippen molar-refractivity contribution in [2.45, 2.75) is 0 Å². The van der Waals surface area contributed by atoms with Gasteiger partial charge < -0.3 is 10.1 Å². The molecule has 3 aromatic rings. The van der Waals surface area contributed by atoms with E-state index in [1.54, 1.807) is 36.5 Å². The third-order valence-electron chi connectivity index (χ3n) is 3.08. The van der Waals surface area contributed by atoms with Gasteiger partial charge in [-0.15, -0.1) is 0 Å². The molecule has 0 saturated heterocycles. The molecule has 1 heterocycles. The molecular weight excluding hydrogens is 302 g/mol. The summed E-state index contributed by atoms with van der Waals surface area (Å²) in [6.07, 6.45) is 1.69. The molecule has 0 bridgehead atoms. The van der Waals surface area contributed by atoms with Crippen molar-refractivity contribution in [3.63, 3.8) is 0 Å². The number of aromatic nitrogens is 2. The number of nitrogens with zero attached hydrogens (tertiary/aromatic N) is 2. The van der Waals surface area contributed by atoms with Gasteiger partial charge in [0, 0.05) is 22.3 Å². The number of hydrogen-bond donors (Lipinski definition) is 1. The smallest absolute Gasteiger partial charge is 0.337 e. The molecule has 1 aromatic heterocycles. The minimum Gasteiger partial charge on any atom is -0.465 e. The maximum absolute atomic E-state index is 11.6. The van der Waals surface area contributed by atoms with E-state index < -0.39 is 5.97 Å². The highest BCUT2D eigenvalue weighted by Crippen LogP contribution is 2.20. The minimum atomic E-state index is -0.398. The zero-order chi connectivity index (χ0) is 15.5. The van der Waals surface area contributed by atoms with Gasteiger partial charge in [0.2, 0.25) is 5.95 Å². The molecule has 0 fully saturated rings. The van der Waals surface area contributed by atoms with Crippen molar-refractivity contribution in [3.8, 4) is 0 Å². The Kier molecular flexibility index (Phi) is 3.89. The molecule has 0 saturated carbocycles. The molecule has 22 heavy (non-hydrogen) atoms. The van der Waals surface area contributed by atoms with Crippen molar-refractivity contribution in [2.24, 2.45) is 0 Å². The summed E-state index contributed by atoms with van der Waals surface area (Å²) in [7, 11) is 1.35. The van der Waals surface area contributed by atoms with Crippen LogP contribution in [0.4, 0.5) is 11.6 Å². The maximum Gasteiger partial charge on any atom is 0.337 e. The number of nitrogens with one attached hydrogen (secondary N) is 1. The molecule has 0 spiro atoms. The number of ether oxygens (including phenoxy) is 1. The summed E-state index contributed by atoms with van der Waals surface area (Å²) in [5.74, 6) is 0.0293. The summed E-state index contributed by atoms with van der Waals surface area (Å²) in [6.45, 7) is 0. The number of esters is 1. The van der Waals surface area contributed by atoms with Gasteiger partial charge in [-0.3, -0.25) is 0 Å². The average molecular weight is 314 g/mol. The van der Waals surface area contributed by atoms with Crippen LogP contribution in [0.15, 0.2) is 48.7 Å². The number of carbonyl (C=O) groups excluding carboxylic acids is 1. The second-order valence-electron chi connectivity index (χ2n) is 4.59. The molecule has 5 nitrogen and oxygen atoms in total. The summed E-state index contributed by atoms with van der Waals surface area (Å²) < 4.78 is 4.71. The zero-order valence-electron chi connectivity index (χ0n) is 11.7. The topological polar surface area (TPSA) is 64.1 Å². The highest BCUT2D eigenvalue weighted by atomic mass is 35.5. The van der Waals surface area contributed by atoms with Crippen molar-refractivity contribution in [1.29, 1.82) is 0 Å². The predicted octanol–water partition coefficient (Wildman–Crippen LogP) is 3.81. The number of fused-ring (bicyclic) bond motifs is 1. The molecule has 3 rings (SSSR count). The van der Waals surface area contributed by atoms with Gasteiger partial charge in [-0.05, 0) is 30.3 Å². The molecule has 0 aliphatic heterocycles. The molecule has 0 unspecified atom stereocenters. The summed E-state index contributed by atoms with van der Waals surface area (Å²) >= 11 is 5.95. The Morgan fingerprint density at radius 3 is 2.86 bits per heavy atom. The number of halogens is 1. The number of anilines is 2. The lowest BCUT2D eigenvalue weighted by molar-refractivity contribution is 0.0601. The van der Waals surface area contributed by atoms with Gasteiger partial charge in [-0.2, -0.15) is 0 Å². The van der Waals surface area contributed by atoms with E-state index in [1.165, 1.54) is 7.11 Å². The monoisotopic (exact) mass is 313 g/mol. The number of rotatable bonds is 3. The molecule has 2 aromatic carbocycles. The second kappa shape index (κ2) is 5.99. The molecule has 0 aliphatic carbocycles. The van der Waals surface area contributed by atoms with E-state index in [2.05, 4.69) is 15.3 Å². The van der Waals surface area contributed by atoms with Crippen molar-refractivity contribution < 1.29 is 9.53 Å². The van der Waals surface area contributed by atoms with E-state index in [0.717, 1.165) is 11.1 Å². The van der Waals surface area contributed by atoms with E-state index in [4.69, 9.17) is 16.3 Å². The molecule has 0 amide bonds. The highest BCUT2D eigenvalue weighted by Gasteiger charge is 2.08. The van der Waals surface area contributed by atoms with Crippen LogP contribution in [-0.4, -0.2) is 23.0 Å². The fourth-order valence-electron chi connectivity index (χ4n) is 2.02. The van der Waals surface area contributed by atoms with Gasteiger partial charge in [0.1, 0.15) is 0 Å². The van der Waals surface area contributed by atoms with Crippen LogP contribution in [0.25, 0.3) is 10.9 Å². The lowest BCUT2D eigenvalue weighted by atomic mass is 10.1. The lowest BCUT2D eigenvalue weighted by Gasteiger charge is -2.06. The van der Waals surface area contributed by atoms with Gasteiger partial charge in [0.25, 0.3) is 0 Å². The number of benzene rings is 2. The van der Waals surface area contributed by atoms with Crippen molar-refractivity contribution >= 4 is 40.1 Å². The van der Waals surface area contributed by atoms with Crippen LogP contribution < -0.4 is 5.32 Å². The Balaban J connectivity index is 1.95. The van der Waals surface area contributed by atoms with E-state index in [-0.39, 0.29) is 0 Å². The lowest BCUT2D eigenvalue weighted by Crippen LogP contribution is -2.02. The Morgan fingerprint density at radius 1 is 1.23 bits per heavy atom. The van der Waals surface area contributed by atoms with Crippen LogP contribution in [-0.2, 0) is 4.74 Å². The zero-order valence-corrected chi connectivity index (χ0v) is 12.5.